The van der Waals surface area contributed by atoms with Crippen molar-refractivity contribution in [3.8, 4) is 0 Å². The number of nitrogens with zero attached hydrogens (tertiary/aromatic N) is 6. The Balaban J connectivity index is 1.33. The number of aromatic nitrogens is 3. The van der Waals surface area contributed by atoms with E-state index in [0.29, 0.717) is 49.0 Å². The average Bonchev–Trinajstić information content (AvgIpc) is 3.18. The molecule has 162 valence electrons. The van der Waals surface area contributed by atoms with Crippen LogP contribution in [0.5, 0.6) is 0 Å². The van der Waals surface area contributed by atoms with E-state index < -0.39 is 0 Å². The first-order valence-electron chi connectivity index (χ1n) is 10.5. The minimum Gasteiger partial charge on any atom is -0.378 e. The maximum Gasteiger partial charge on any atom is 0.250 e. The fourth-order valence-electron chi connectivity index (χ4n) is 4.29. The van der Waals surface area contributed by atoms with Crippen molar-refractivity contribution in [1.29, 1.82) is 0 Å². The van der Waals surface area contributed by atoms with E-state index >= 15 is 0 Å². The third-order valence-corrected chi connectivity index (χ3v) is 6.36. The molecule has 1 unspecified atom stereocenters. The Morgan fingerprint density at radius 3 is 2.68 bits per heavy atom. The molecule has 2 fully saturated rings. The molecule has 9 nitrogen and oxygen atoms in total. The van der Waals surface area contributed by atoms with Gasteiger partial charge in [0, 0.05) is 31.2 Å². The second-order valence-corrected chi connectivity index (χ2v) is 8.57. The summed E-state index contributed by atoms with van der Waals surface area (Å²) in [4.78, 5) is 26.1. The zero-order chi connectivity index (χ0) is 21.5. The molecule has 0 aliphatic carbocycles. The number of benzene rings is 1. The zero-order valence-corrected chi connectivity index (χ0v) is 18.5. The summed E-state index contributed by atoms with van der Waals surface area (Å²) in [5, 5.41) is 8.54. The van der Waals surface area contributed by atoms with Crippen LogP contribution in [0.4, 0.5) is 17.6 Å². The number of carbonyl (C=O) groups is 1. The highest BCUT2D eigenvalue weighted by Gasteiger charge is 2.37. The number of aliphatic imine (C=N–C) groups is 1. The van der Waals surface area contributed by atoms with Gasteiger partial charge in [0.15, 0.2) is 10.9 Å². The third-order valence-electron chi connectivity index (χ3n) is 6.00. The van der Waals surface area contributed by atoms with E-state index in [1.807, 2.05) is 36.9 Å². The number of aryl methyl sites for hydroxylation is 2. The van der Waals surface area contributed by atoms with Gasteiger partial charge in [0.05, 0.1) is 32.0 Å². The lowest BCUT2D eigenvalue weighted by molar-refractivity contribution is -0.114. The van der Waals surface area contributed by atoms with Crippen LogP contribution in [-0.4, -0.2) is 75.7 Å². The van der Waals surface area contributed by atoms with Gasteiger partial charge in [-0.3, -0.25) is 4.79 Å². The lowest BCUT2D eigenvalue weighted by atomic mass is 9.93. The number of para-hydroxylation sites is 1. The number of anilines is 2. The van der Waals surface area contributed by atoms with Crippen molar-refractivity contribution < 1.29 is 9.53 Å². The third kappa shape index (κ3) is 3.81. The maximum absolute atomic E-state index is 12.9. The molecule has 1 atom stereocenters. The number of Topliss-reactive ketones (excluding diaryl/α,β-unsaturated/α-hetero) is 1. The van der Waals surface area contributed by atoms with Crippen LogP contribution in [0.25, 0.3) is 0 Å². The molecule has 0 amide bonds. The molecule has 10 heteroatoms. The fraction of sp³-hybridized carbons (Fsp3) is 0.476. The normalized spacial score (nSPS) is 20.8. The van der Waals surface area contributed by atoms with Crippen LogP contribution in [0, 0.1) is 19.8 Å². The van der Waals surface area contributed by atoms with Crippen LogP contribution in [0.1, 0.15) is 11.1 Å². The molecule has 0 saturated carbocycles. The topological polar surface area (TPSA) is 87.9 Å². The highest BCUT2D eigenvalue weighted by Crippen LogP contribution is 2.28. The van der Waals surface area contributed by atoms with Gasteiger partial charge in [-0.05, 0) is 37.2 Å². The monoisotopic (exact) mass is 439 g/mol. The standard InChI is InChI=1S/C21H25N7O2S/c1-13-4-3-5-14(2)17(13)23-21(31)27-10-15-11-28-19(22-18(15)16(29)12-27)24-20(25-28)26-6-8-30-9-7-26/h3-5,15H,6-12H2,1-2H3,(H,23,31). The summed E-state index contributed by atoms with van der Waals surface area (Å²) in [5.41, 5.74) is 3.82. The minimum absolute atomic E-state index is 0.0101. The van der Waals surface area contributed by atoms with Crippen LogP contribution in [0.3, 0.4) is 0 Å². The first kappa shape index (κ1) is 20.1. The van der Waals surface area contributed by atoms with E-state index in [1.54, 1.807) is 4.68 Å². The molecule has 3 aliphatic rings. The number of rotatable bonds is 2. The first-order chi connectivity index (χ1) is 15.0. The van der Waals surface area contributed by atoms with Crippen molar-refractivity contribution in [2.75, 3.05) is 49.6 Å². The number of nitrogens with one attached hydrogen (secondary N) is 1. The minimum atomic E-state index is -0.0642. The summed E-state index contributed by atoms with van der Waals surface area (Å²) >= 11 is 5.66. The van der Waals surface area contributed by atoms with Crippen LogP contribution in [-0.2, 0) is 16.1 Å². The Morgan fingerprint density at radius 2 is 1.94 bits per heavy atom. The predicted octanol–water partition coefficient (Wildman–Crippen LogP) is 1.72. The molecule has 1 aromatic carbocycles. The van der Waals surface area contributed by atoms with Crippen molar-refractivity contribution in [2.24, 2.45) is 10.9 Å². The number of ketones is 1. The van der Waals surface area contributed by atoms with Crippen LogP contribution in [0.15, 0.2) is 23.2 Å². The first-order valence-corrected chi connectivity index (χ1v) is 10.9. The molecule has 2 saturated heterocycles. The molecule has 4 heterocycles. The summed E-state index contributed by atoms with van der Waals surface area (Å²) in [5.74, 6) is 1.08. The number of thiocarbonyl (C=S) groups is 1. The zero-order valence-electron chi connectivity index (χ0n) is 17.7. The highest BCUT2D eigenvalue weighted by molar-refractivity contribution is 7.80. The van der Waals surface area contributed by atoms with E-state index in [2.05, 4.69) is 25.3 Å². The number of ether oxygens (including phenoxy) is 1. The number of hydrogen-bond donors (Lipinski definition) is 1. The van der Waals surface area contributed by atoms with Gasteiger partial charge < -0.3 is 19.9 Å². The summed E-state index contributed by atoms with van der Waals surface area (Å²) < 4.78 is 7.21. The lowest BCUT2D eigenvalue weighted by Crippen LogP contribution is -2.52. The Bertz CT molecular complexity index is 1050. The van der Waals surface area contributed by atoms with E-state index in [4.69, 9.17) is 17.0 Å². The van der Waals surface area contributed by atoms with Gasteiger partial charge >= 0.3 is 0 Å². The van der Waals surface area contributed by atoms with Crippen LogP contribution >= 0.6 is 12.2 Å². The number of piperidine rings is 1. The van der Waals surface area contributed by atoms with Gasteiger partial charge in [-0.15, -0.1) is 5.10 Å². The predicted molar refractivity (Wildman–Crippen MR) is 122 cm³/mol. The average molecular weight is 440 g/mol. The second-order valence-electron chi connectivity index (χ2n) is 8.19. The molecule has 31 heavy (non-hydrogen) atoms. The molecule has 3 aliphatic heterocycles. The molecular formula is C21H25N7O2S. The molecule has 0 spiro atoms. The van der Waals surface area contributed by atoms with Gasteiger partial charge in [0.1, 0.15) is 0 Å². The Morgan fingerprint density at radius 1 is 1.19 bits per heavy atom. The maximum atomic E-state index is 12.9. The summed E-state index contributed by atoms with van der Waals surface area (Å²) in [6, 6.07) is 6.11. The lowest BCUT2D eigenvalue weighted by Gasteiger charge is -2.36. The molecule has 5 rings (SSSR count). The van der Waals surface area contributed by atoms with Crippen molar-refractivity contribution in [3.63, 3.8) is 0 Å². The number of carbonyl (C=O) groups excluding carboxylic acids is 1. The van der Waals surface area contributed by atoms with E-state index in [-0.39, 0.29) is 18.2 Å². The summed E-state index contributed by atoms with van der Waals surface area (Å²) in [6.07, 6.45) is 0. The molecule has 1 aromatic heterocycles. The number of morpholine rings is 1. The Hall–Kier alpha value is -2.85. The van der Waals surface area contributed by atoms with Crippen molar-refractivity contribution in [2.45, 2.75) is 20.4 Å². The van der Waals surface area contributed by atoms with E-state index in [0.717, 1.165) is 29.9 Å². The van der Waals surface area contributed by atoms with Gasteiger partial charge in [0.25, 0.3) is 0 Å². The molecule has 0 bridgehead atoms. The smallest absolute Gasteiger partial charge is 0.250 e. The van der Waals surface area contributed by atoms with Gasteiger partial charge in [-0.25, -0.2) is 9.67 Å². The number of fused-ring (bicyclic) bond motifs is 2. The second kappa shape index (κ2) is 8.01. The van der Waals surface area contributed by atoms with E-state index in [9.17, 15) is 4.79 Å². The fourth-order valence-corrected chi connectivity index (χ4v) is 4.53. The molecular weight excluding hydrogens is 414 g/mol. The SMILES string of the molecule is Cc1cccc(C)c1NC(=S)N1CC(=O)C2=Nc3nc(N4CCOCC4)nn3CC2C1. The summed E-state index contributed by atoms with van der Waals surface area (Å²) in [6.45, 7) is 8.35. The van der Waals surface area contributed by atoms with E-state index in [1.165, 1.54) is 0 Å². The Labute approximate surface area is 186 Å². The summed E-state index contributed by atoms with van der Waals surface area (Å²) in [7, 11) is 0. The molecule has 0 radical (unpaired) electrons. The van der Waals surface area contributed by atoms with Crippen molar-refractivity contribution in [1.82, 2.24) is 19.7 Å². The Kier molecular flexibility index (Phi) is 5.19. The van der Waals surface area contributed by atoms with Crippen molar-refractivity contribution >= 4 is 46.4 Å². The molecule has 1 N–H and O–H groups in total. The number of likely N-dealkylation sites (tertiary alicyclic amines) is 1. The van der Waals surface area contributed by atoms with Gasteiger partial charge in [-0.1, -0.05) is 18.2 Å². The largest absolute Gasteiger partial charge is 0.378 e. The van der Waals surface area contributed by atoms with Crippen LogP contribution < -0.4 is 10.2 Å². The quantitative estimate of drug-likeness (QED) is 0.708. The van der Waals surface area contributed by atoms with Crippen molar-refractivity contribution in [3.05, 3.63) is 29.3 Å². The van der Waals surface area contributed by atoms with Gasteiger partial charge in [-0.2, -0.15) is 4.98 Å². The molecule has 2 aromatic rings. The highest BCUT2D eigenvalue weighted by atomic mass is 32.1. The number of hydrogen-bond acceptors (Lipinski definition) is 7. The van der Waals surface area contributed by atoms with Crippen LogP contribution in [0.2, 0.25) is 0 Å². The van der Waals surface area contributed by atoms with Gasteiger partial charge in [0.2, 0.25) is 11.9 Å².